The fourth-order valence-electron chi connectivity index (χ4n) is 4.80. The Balaban J connectivity index is 1.34. The number of hydrogen-bond acceptors (Lipinski definition) is 8. The number of ether oxygens (including phenoxy) is 2. The van der Waals surface area contributed by atoms with Crippen molar-refractivity contribution < 1.29 is 23.9 Å². The average molecular weight is 586 g/mol. The van der Waals surface area contributed by atoms with E-state index in [1.165, 1.54) is 17.6 Å². The normalized spacial score (nSPS) is 14.3. The highest BCUT2D eigenvalue weighted by atomic mass is 32.1. The van der Waals surface area contributed by atoms with Gasteiger partial charge in [0.15, 0.2) is 0 Å². The molecule has 1 unspecified atom stereocenters. The summed E-state index contributed by atoms with van der Waals surface area (Å²) in [5.74, 6) is -1.22. The maximum absolute atomic E-state index is 12.8. The zero-order valence-electron chi connectivity index (χ0n) is 23.5. The van der Waals surface area contributed by atoms with E-state index < -0.39 is 17.8 Å². The number of nitrogens with zero attached hydrogens (tertiary/aromatic N) is 3. The molecule has 11 heteroatoms. The zero-order chi connectivity index (χ0) is 29.6. The molecule has 1 aliphatic rings. The van der Waals surface area contributed by atoms with Crippen LogP contribution in [-0.2, 0) is 27.2 Å². The minimum Gasteiger partial charge on any atom is -0.497 e. The summed E-state index contributed by atoms with van der Waals surface area (Å²) < 4.78 is 12.2. The number of hydrogen-bond donors (Lipinski definition) is 2. The van der Waals surface area contributed by atoms with Gasteiger partial charge in [-0.25, -0.2) is 14.9 Å². The van der Waals surface area contributed by atoms with Crippen molar-refractivity contribution in [1.82, 2.24) is 15.2 Å². The smallest absolute Gasteiger partial charge is 0.341 e. The number of methoxy groups -OCH3 is 1. The van der Waals surface area contributed by atoms with E-state index in [1.54, 1.807) is 24.9 Å². The number of para-hydroxylation sites is 1. The summed E-state index contributed by atoms with van der Waals surface area (Å²) in [5, 5.41) is 11.7. The summed E-state index contributed by atoms with van der Waals surface area (Å²) in [4.78, 5) is 39.3. The van der Waals surface area contributed by atoms with Crippen LogP contribution in [0.5, 0.6) is 5.75 Å². The number of nitrogens with one attached hydrogen (secondary N) is 2. The molecule has 2 aromatic carbocycles. The number of anilines is 1. The van der Waals surface area contributed by atoms with Crippen LogP contribution >= 0.6 is 11.3 Å². The van der Waals surface area contributed by atoms with Gasteiger partial charge in [-0.05, 0) is 74.1 Å². The molecule has 1 aliphatic carbocycles. The average Bonchev–Trinajstić information content (AvgIpc) is 3.58. The van der Waals surface area contributed by atoms with E-state index in [0.717, 1.165) is 41.0 Å². The van der Waals surface area contributed by atoms with E-state index in [2.05, 4.69) is 22.8 Å². The lowest BCUT2D eigenvalue weighted by molar-refractivity contribution is -0.136. The third-order valence-corrected chi connectivity index (χ3v) is 8.09. The standard InChI is InChI=1S/C31H31N5O5S/c1-4-41-31(39)26-24-15-10-19(2)16-25(24)42-30(26)33-28(37)29(38)34-32-17-21-18-36(22-8-6-5-7-9-22)35-27(21)20-11-13-23(40-3)14-12-20/h5-9,11-14,17-19H,4,10,15-16H2,1-3H3,(H,33,37)(H,34,38)/b32-17+. The molecule has 0 aliphatic heterocycles. The summed E-state index contributed by atoms with van der Waals surface area (Å²) in [6.07, 6.45) is 5.70. The molecular formula is C31H31N5O5S. The van der Waals surface area contributed by atoms with Crippen molar-refractivity contribution in [1.29, 1.82) is 0 Å². The summed E-state index contributed by atoms with van der Waals surface area (Å²) >= 11 is 1.32. The first-order chi connectivity index (χ1) is 20.4. The highest BCUT2D eigenvalue weighted by molar-refractivity contribution is 7.17. The van der Waals surface area contributed by atoms with Gasteiger partial charge in [-0.1, -0.05) is 25.1 Å². The maximum atomic E-state index is 12.8. The lowest BCUT2D eigenvalue weighted by atomic mass is 9.88. The first kappa shape index (κ1) is 28.7. The van der Waals surface area contributed by atoms with Crippen LogP contribution in [0.15, 0.2) is 65.9 Å². The molecule has 2 amide bonds. The molecule has 5 rings (SSSR count). The lowest BCUT2D eigenvalue weighted by Crippen LogP contribution is -2.32. The van der Waals surface area contributed by atoms with E-state index >= 15 is 0 Å². The Bertz CT molecular complexity index is 1630. The number of rotatable bonds is 8. The largest absolute Gasteiger partial charge is 0.497 e. The topological polar surface area (TPSA) is 124 Å². The molecule has 2 aromatic heterocycles. The molecular weight excluding hydrogens is 554 g/mol. The molecule has 2 heterocycles. The Labute approximate surface area is 247 Å². The van der Waals surface area contributed by atoms with E-state index in [1.807, 2.05) is 54.6 Å². The van der Waals surface area contributed by atoms with Crippen LogP contribution in [0.25, 0.3) is 16.9 Å². The Morgan fingerprint density at radius 1 is 1.12 bits per heavy atom. The number of thiophene rings is 1. The molecule has 0 saturated carbocycles. The third kappa shape index (κ3) is 6.26. The van der Waals surface area contributed by atoms with Gasteiger partial charge in [0.05, 0.1) is 31.2 Å². The first-order valence-electron chi connectivity index (χ1n) is 13.6. The molecule has 0 fully saturated rings. The SMILES string of the molecule is CCOC(=O)c1c(NC(=O)C(=O)N/N=C/c2cn(-c3ccccc3)nc2-c2ccc(OC)cc2)sc2c1CCC(C)C2. The van der Waals surface area contributed by atoms with E-state index in [-0.39, 0.29) is 6.61 Å². The van der Waals surface area contributed by atoms with Crippen LogP contribution in [0.4, 0.5) is 5.00 Å². The van der Waals surface area contributed by atoms with Gasteiger partial charge in [-0.3, -0.25) is 9.59 Å². The van der Waals surface area contributed by atoms with Crippen LogP contribution in [-0.4, -0.2) is 47.5 Å². The van der Waals surface area contributed by atoms with Crippen LogP contribution in [0.1, 0.15) is 46.6 Å². The van der Waals surface area contributed by atoms with Gasteiger partial charge in [0.2, 0.25) is 0 Å². The van der Waals surface area contributed by atoms with Crippen LogP contribution in [0.3, 0.4) is 0 Å². The lowest BCUT2D eigenvalue weighted by Gasteiger charge is -2.18. The molecule has 4 aromatic rings. The Morgan fingerprint density at radius 3 is 2.60 bits per heavy atom. The number of esters is 1. The Kier molecular flexibility index (Phi) is 8.77. The predicted molar refractivity (Wildman–Crippen MR) is 161 cm³/mol. The highest BCUT2D eigenvalue weighted by Gasteiger charge is 2.30. The molecule has 216 valence electrons. The van der Waals surface area contributed by atoms with Crippen molar-refractivity contribution in [2.75, 3.05) is 19.0 Å². The second-order valence-electron chi connectivity index (χ2n) is 9.87. The second-order valence-corrected chi connectivity index (χ2v) is 11.0. The molecule has 0 bridgehead atoms. The zero-order valence-corrected chi connectivity index (χ0v) is 24.4. The predicted octanol–water partition coefficient (Wildman–Crippen LogP) is 5.00. The van der Waals surface area contributed by atoms with Crippen molar-refractivity contribution in [3.63, 3.8) is 0 Å². The number of aromatic nitrogens is 2. The van der Waals surface area contributed by atoms with Gasteiger partial charge in [0.25, 0.3) is 0 Å². The number of carbonyl (C=O) groups is 3. The van der Waals surface area contributed by atoms with Crippen LogP contribution < -0.4 is 15.5 Å². The van der Waals surface area contributed by atoms with E-state index in [0.29, 0.717) is 33.5 Å². The van der Waals surface area contributed by atoms with Gasteiger partial charge in [-0.15, -0.1) is 11.3 Å². The van der Waals surface area contributed by atoms with Crippen molar-refractivity contribution in [3.8, 4) is 22.7 Å². The van der Waals surface area contributed by atoms with Crippen molar-refractivity contribution in [2.45, 2.75) is 33.1 Å². The van der Waals surface area contributed by atoms with Crippen molar-refractivity contribution in [3.05, 3.63) is 82.4 Å². The molecule has 0 spiro atoms. The molecule has 0 radical (unpaired) electrons. The molecule has 1 atom stereocenters. The Hall–Kier alpha value is -4.77. The summed E-state index contributed by atoms with van der Waals surface area (Å²) in [7, 11) is 1.60. The van der Waals surface area contributed by atoms with Gasteiger partial charge >= 0.3 is 17.8 Å². The van der Waals surface area contributed by atoms with E-state index in [9.17, 15) is 14.4 Å². The Morgan fingerprint density at radius 2 is 1.88 bits per heavy atom. The number of benzene rings is 2. The molecule has 2 N–H and O–H groups in total. The van der Waals surface area contributed by atoms with Crippen molar-refractivity contribution in [2.24, 2.45) is 11.0 Å². The number of amides is 2. The monoisotopic (exact) mass is 585 g/mol. The summed E-state index contributed by atoms with van der Waals surface area (Å²) in [6, 6.07) is 17.0. The highest BCUT2D eigenvalue weighted by Crippen LogP contribution is 2.40. The quantitative estimate of drug-likeness (QED) is 0.130. The summed E-state index contributed by atoms with van der Waals surface area (Å²) in [5.41, 5.74) is 6.44. The molecule has 0 saturated heterocycles. The molecule has 42 heavy (non-hydrogen) atoms. The number of fused-ring (bicyclic) bond motifs is 1. The van der Waals surface area contributed by atoms with Gasteiger partial charge in [-0.2, -0.15) is 10.2 Å². The second kappa shape index (κ2) is 12.8. The molecule has 10 nitrogen and oxygen atoms in total. The van der Waals surface area contributed by atoms with Gasteiger partial charge in [0, 0.05) is 22.2 Å². The fourth-order valence-corrected chi connectivity index (χ4v) is 6.19. The van der Waals surface area contributed by atoms with Gasteiger partial charge < -0.3 is 14.8 Å². The van der Waals surface area contributed by atoms with Gasteiger partial charge in [0.1, 0.15) is 16.4 Å². The van der Waals surface area contributed by atoms with E-state index in [4.69, 9.17) is 14.6 Å². The number of hydrazone groups is 1. The van der Waals surface area contributed by atoms with Crippen molar-refractivity contribution >= 4 is 40.3 Å². The van der Waals surface area contributed by atoms with Crippen LogP contribution in [0, 0.1) is 5.92 Å². The van der Waals surface area contributed by atoms with Crippen LogP contribution in [0.2, 0.25) is 0 Å². The first-order valence-corrected chi connectivity index (χ1v) is 14.4. The number of carbonyl (C=O) groups excluding carboxylic acids is 3. The fraction of sp³-hybridized carbons (Fsp3) is 0.258. The summed E-state index contributed by atoms with van der Waals surface area (Å²) in [6.45, 7) is 4.09. The maximum Gasteiger partial charge on any atom is 0.341 e. The third-order valence-electron chi connectivity index (χ3n) is 6.92. The minimum atomic E-state index is -0.970. The minimum absolute atomic E-state index is 0.210.